The Morgan fingerprint density at radius 3 is 2.11 bits per heavy atom. The van der Waals surface area contributed by atoms with E-state index in [1.165, 1.54) is 0 Å². The summed E-state index contributed by atoms with van der Waals surface area (Å²) in [5.41, 5.74) is 2.14. The molecule has 2 unspecified atom stereocenters. The average molecular weight is 851 g/mol. The van der Waals surface area contributed by atoms with Gasteiger partial charge in [-0.25, -0.2) is 8.42 Å². The van der Waals surface area contributed by atoms with Crippen molar-refractivity contribution in [1.82, 2.24) is 0 Å². The van der Waals surface area contributed by atoms with E-state index in [-0.39, 0.29) is 58.9 Å². The van der Waals surface area contributed by atoms with Crippen molar-refractivity contribution in [2.45, 2.75) is 190 Å². The number of hydrogen-bond donors (Lipinski definition) is 1. The van der Waals surface area contributed by atoms with Gasteiger partial charge in [-0.1, -0.05) is 79.8 Å². The first-order chi connectivity index (χ1) is 26.4. The van der Waals surface area contributed by atoms with Crippen molar-refractivity contribution in [2.24, 2.45) is 11.8 Å². The predicted octanol–water partition coefficient (Wildman–Crippen LogP) is 9.67. The Bertz CT molecular complexity index is 1570. The summed E-state index contributed by atoms with van der Waals surface area (Å²) in [5.74, 6) is -0.324. The zero-order chi connectivity index (χ0) is 42.6. The summed E-state index contributed by atoms with van der Waals surface area (Å²) < 4.78 is 68.6. The lowest BCUT2D eigenvalue weighted by Crippen LogP contribution is -2.49. The summed E-state index contributed by atoms with van der Waals surface area (Å²) in [4.78, 5) is 0.297. The lowest BCUT2D eigenvalue weighted by Gasteiger charge is -2.42. The maximum atomic E-state index is 14.1. The van der Waals surface area contributed by atoms with Crippen LogP contribution in [0.15, 0.2) is 59.5 Å². The fraction of sp³-hybridized carbons (Fsp3) is 0.778. The minimum atomic E-state index is -3.68. The fourth-order valence-corrected chi connectivity index (χ4v) is 12.1. The van der Waals surface area contributed by atoms with Gasteiger partial charge in [0, 0.05) is 32.5 Å². The van der Waals surface area contributed by atoms with Crippen LogP contribution in [0, 0.1) is 11.8 Å². The number of rotatable bonds is 19. The lowest BCUT2D eigenvalue weighted by atomic mass is 9.83. The highest BCUT2D eigenvalue weighted by Crippen LogP contribution is 2.44. The monoisotopic (exact) mass is 850 g/mol. The normalized spacial score (nSPS) is 29.9. The molecule has 0 spiro atoms. The maximum Gasteiger partial charge on any atom is 0.192 e. The van der Waals surface area contributed by atoms with Gasteiger partial charge in [-0.3, -0.25) is 0 Å². The highest BCUT2D eigenvalue weighted by atomic mass is 32.2. The number of aliphatic hydroxyl groups is 1. The molecule has 3 fully saturated rings. The third kappa shape index (κ3) is 12.7. The van der Waals surface area contributed by atoms with Crippen molar-refractivity contribution in [3.05, 3.63) is 54.6 Å². The number of ether oxygens (including phenoxy) is 4. The molecule has 0 aliphatic carbocycles. The SMILES string of the molecule is C=C1C[C@H](CCCO)OC1CCC1C[C@@H](C)C(=C)[C@@H](C[C@@H]2O[C@H](C[C@@H](CO[Si](C)(C)C(C)(C)C)O[Si](C)(C)C(C)(C)C)[C@H](OC)[C@H]2CS(=O)(=O)c2ccccc2)O1. The molecular formula is C45H78O9SSi2. The summed E-state index contributed by atoms with van der Waals surface area (Å²) in [5, 5.41) is 9.32. The molecule has 0 radical (unpaired) electrons. The molecule has 0 saturated carbocycles. The Morgan fingerprint density at radius 2 is 1.51 bits per heavy atom. The zero-order valence-corrected chi connectivity index (χ0v) is 40.3. The van der Waals surface area contributed by atoms with Crippen LogP contribution in [-0.2, 0) is 37.6 Å². The summed E-state index contributed by atoms with van der Waals surface area (Å²) in [7, 11) is -6.35. The third-order valence-corrected chi connectivity index (χ3v) is 24.7. The standard InChI is InChI=1S/C45H78O9SSi2/c1-31-25-35(22-23-39-32(2)26-34(51-39)19-18-24-46)52-40(33(31)3)28-41-38(30-55(47,48)37-20-16-15-17-21-37)43(49-10)42(53-41)27-36(54-57(13,14)45(7,8)9)29-50-56(11,12)44(4,5)6/h15-17,20-21,31,34-36,38-43,46H,2-3,18-19,22-30H2,1,4-14H3/t31-,34+,35?,36+,38+,39?,40-,41+,42-,43-/m1/s1. The van der Waals surface area contributed by atoms with Crippen molar-refractivity contribution in [1.29, 1.82) is 0 Å². The van der Waals surface area contributed by atoms with E-state index in [1.807, 2.05) is 6.07 Å². The molecule has 1 N–H and O–H groups in total. The molecular weight excluding hydrogens is 773 g/mol. The van der Waals surface area contributed by atoms with Gasteiger partial charge in [0.1, 0.15) is 0 Å². The second-order valence-corrected chi connectivity index (χ2v) is 31.8. The Kier molecular flexibility index (Phi) is 16.7. The Labute approximate surface area is 348 Å². The molecule has 326 valence electrons. The van der Waals surface area contributed by atoms with E-state index in [9.17, 15) is 13.5 Å². The number of hydrogen-bond acceptors (Lipinski definition) is 9. The molecule has 10 atom stereocenters. The quantitative estimate of drug-likeness (QED) is 0.108. The molecule has 0 aromatic heterocycles. The van der Waals surface area contributed by atoms with Crippen molar-refractivity contribution >= 4 is 26.5 Å². The summed E-state index contributed by atoms with van der Waals surface area (Å²) in [6.45, 7) is 34.2. The van der Waals surface area contributed by atoms with Crippen LogP contribution >= 0.6 is 0 Å². The number of sulfone groups is 1. The molecule has 1 aromatic carbocycles. The van der Waals surface area contributed by atoms with Crippen LogP contribution in [0.4, 0.5) is 0 Å². The molecule has 3 saturated heterocycles. The molecule has 1 aromatic rings. The second-order valence-electron chi connectivity index (χ2n) is 20.2. The van der Waals surface area contributed by atoms with Gasteiger partial charge in [-0.15, -0.1) is 0 Å². The van der Waals surface area contributed by atoms with Crippen LogP contribution in [0.3, 0.4) is 0 Å². The van der Waals surface area contributed by atoms with Gasteiger partial charge < -0.3 is 32.9 Å². The Morgan fingerprint density at radius 1 is 0.877 bits per heavy atom. The van der Waals surface area contributed by atoms with Crippen LogP contribution in [0.2, 0.25) is 36.3 Å². The van der Waals surface area contributed by atoms with Gasteiger partial charge in [0.2, 0.25) is 0 Å². The van der Waals surface area contributed by atoms with Gasteiger partial charge in [-0.05, 0) is 104 Å². The molecule has 9 nitrogen and oxygen atoms in total. The highest BCUT2D eigenvalue weighted by molar-refractivity contribution is 7.91. The number of benzene rings is 1. The van der Waals surface area contributed by atoms with Crippen LogP contribution in [-0.4, -0.2) is 105 Å². The Hall–Kier alpha value is -1.20. The van der Waals surface area contributed by atoms with Gasteiger partial charge >= 0.3 is 0 Å². The van der Waals surface area contributed by atoms with Gasteiger partial charge in [0.05, 0.1) is 66.1 Å². The molecule has 0 amide bonds. The summed E-state index contributed by atoms with van der Waals surface area (Å²) in [6.07, 6.45) is 4.12. The molecule has 3 aliphatic heterocycles. The van der Waals surface area contributed by atoms with E-state index in [0.717, 1.165) is 49.7 Å². The number of aliphatic hydroxyl groups excluding tert-OH is 1. The molecule has 57 heavy (non-hydrogen) atoms. The molecule has 12 heteroatoms. The van der Waals surface area contributed by atoms with Crippen molar-refractivity contribution in [3.63, 3.8) is 0 Å². The van der Waals surface area contributed by atoms with Crippen molar-refractivity contribution < 1.29 is 41.3 Å². The van der Waals surface area contributed by atoms with Crippen LogP contribution in [0.5, 0.6) is 0 Å². The van der Waals surface area contributed by atoms with Gasteiger partial charge in [0.15, 0.2) is 26.5 Å². The maximum absolute atomic E-state index is 14.1. The van der Waals surface area contributed by atoms with Crippen molar-refractivity contribution in [3.8, 4) is 0 Å². The third-order valence-electron chi connectivity index (χ3n) is 13.8. The predicted molar refractivity (Wildman–Crippen MR) is 235 cm³/mol. The van der Waals surface area contributed by atoms with Gasteiger partial charge in [0.25, 0.3) is 0 Å². The fourth-order valence-electron chi connectivity index (χ4n) is 8.08. The second kappa shape index (κ2) is 19.7. The first-order valence-corrected chi connectivity index (χ1v) is 28.9. The van der Waals surface area contributed by atoms with Gasteiger partial charge in [-0.2, -0.15) is 0 Å². The molecule has 3 aliphatic rings. The summed E-state index contributed by atoms with van der Waals surface area (Å²) in [6, 6.07) is 8.68. The molecule has 3 heterocycles. The topological polar surface area (TPSA) is 110 Å². The van der Waals surface area contributed by atoms with Crippen LogP contribution in [0.25, 0.3) is 0 Å². The van der Waals surface area contributed by atoms with Crippen molar-refractivity contribution in [2.75, 3.05) is 26.1 Å². The largest absolute Gasteiger partial charge is 0.414 e. The first kappa shape index (κ1) is 48.5. The lowest BCUT2D eigenvalue weighted by molar-refractivity contribution is -0.0782. The van der Waals surface area contributed by atoms with Crippen LogP contribution < -0.4 is 0 Å². The zero-order valence-electron chi connectivity index (χ0n) is 37.5. The van der Waals surface area contributed by atoms with E-state index in [2.05, 4.69) is 87.8 Å². The first-order valence-electron chi connectivity index (χ1n) is 21.4. The highest BCUT2D eigenvalue weighted by Gasteiger charge is 2.50. The Balaban J connectivity index is 1.59. The minimum Gasteiger partial charge on any atom is -0.414 e. The minimum absolute atomic E-state index is 0.000157. The molecule has 0 bridgehead atoms. The molecule has 4 rings (SSSR count). The summed E-state index contributed by atoms with van der Waals surface area (Å²) >= 11 is 0. The van der Waals surface area contributed by atoms with E-state index in [0.29, 0.717) is 24.3 Å². The van der Waals surface area contributed by atoms with Crippen LogP contribution in [0.1, 0.15) is 99.8 Å². The van der Waals surface area contributed by atoms with E-state index >= 15 is 0 Å². The van der Waals surface area contributed by atoms with E-state index < -0.39 is 50.7 Å². The van der Waals surface area contributed by atoms with E-state index in [1.54, 1.807) is 31.4 Å². The average Bonchev–Trinajstić information content (AvgIpc) is 3.63. The number of methoxy groups -OCH3 is 1. The van der Waals surface area contributed by atoms with E-state index in [4.69, 9.17) is 27.8 Å². The smallest absolute Gasteiger partial charge is 0.192 e.